The molecule has 1 aromatic heterocycles. The molecule has 0 unspecified atom stereocenters. The number of hydrogen-bond donors (Lipinski definition) is 1. The summed E-state index contributed by atoms with van der Waals surface area (Å²) in [6, 6.07) is 2.33. The molecule has 1 atom stereocenters. The van der Waals surface area contributed by atoms with Gasteiger partial charge in [-0.15, -0.1) is 12.4 Å². The highest BCUT2D eigenvalue weighted by Crippen LogP contribution is 2.15. The summed E-state index contributed by atoms with van der Waals surface area (Å²) < 4.78 is 0. The second-order valence-electron chi connectivity index (χ2n) is 2.07. The van der Waals surface area contributed by atoms with Crippen molar-refractivity contribution in [3.05, 3.63) is 22.4 Å². The van der Waals surface area contributed by atoms with Crippen LogP contribution in [0.4, 0.5) is 0 Å². The molecule has 2 N–H and O–H groups in total. The molecule has 0 aromatic carbocycles. The molecule has 1 heterocycles. The third-order valence-corrected chi connectivity index (χ3v) is 2.11. The molecule has 0 amide bonds. The Kier molecular flexibility index (Phi) is 4.69. The van der Waals surface area contributed by atoms with Crippen LogP contribution in [0.2, 0.25) is 0 Å². The first kappa shape index (κ1) is 9.95. The molecule has 0 saturated carbocycles. The van der Waals surface area contributed by atoms with E-state index in [9.17, 15) is 0 Å². The molecule has 1 rings (SSSR count). The molecule has 0 aliphatic rings. The van der Waals surface area contributed by atoms with Crippen LogP contribution in [-0.4, -0.2) is 0 Å². The minimum absolute atomic E-state index is 0. The van der Waals surface area contributed by atoms with Crippen LogP contribution in [0, 0.1) is 0 Å². The van der Waals surface area contributed by atoms with Gasteiger partial charge in [-0.1, -0.05) is 6.92 Å². The van der Waals surface area contributed by atoms with Crippen LogP contribution in [0.1, 0.15) is 24.9 Å². The fourth-order valence-electron chi connectivity index (χ4n) is 0.722. The van der Waals surface area contributed by atoms with Crippen LogP contribution in [-0.2, 0) is 0 Å². The summed E-state index contributed by atoms with van der Waals surface area (Å²) in [5, 5.41) is 4.17. The molecule has 0 radical (unpaired) electrons. The van der Waals surface area contributed by atoms with Crippen molar-refractivity contribution in [3.8, 4) is 0 Å². The van der Waals surface area contributed by atoms with Crippen LogP contribution in [0.15, 0.2) is 16.8 Å². The summed E-state index contributed by atoms with van der Waals surface area (Å²) >= 11 is 1.70. The van der Waals surface area contributed by atoms with Gasteiger partial charge < -0.3 is 5.73 Å². The van der Waals surface area contributed by atoms with E-state index in [2.05, 4.69) is 23.8 Å². The van der Waals surface area contributed by atoms with Crippen molar-refractivity contribution in [2.45, 2.75) is 19.4 Å². The molecule has 0 fully saturated rings. The van der Waals surface area contributed by atoms with Gasteiger partial charge in [0.25, 0.3) is 0 Å². The van der Waals surface area contributed by atoms with Gasteiger partial charge in [0.1, 0.15) is 0 Å². The molecule has 0 saturated heterocycles. The van der Waals surface area contributed by atoms with Crippen molar-refractivity contribution in [1.29, 1.82) is 0 Å². The summed E-state index contributed by atoms with van der Waals surface area (Å²) in [6.45, 7) is 2.10. The van der Waals surface area contributed by atoms with Gasteiger partial charge in [-0.2, -0.15) is 11.3 Å². The minimum atomic E-state index is 0. The molecule has 1 nitrogen and oxygen atoms in total. The van der Waals surface area contributed by atoms with Gasteiger partial charge in [0.2, 0.25) is 0 Å². The van der Waals surface area contributed by atoms with Gasteiger partial charge in [0.15, 0.2) is 0 Å². The van der Waals surface area contributed by atoms with Crippen LogP contribution >= 0.6 is 23.7 Å². The van der Waals surface area contributed by atoms with Gasteiger partial charge in [0, 0.05) is 6.04 Å². The van der Waals surface area contributed by atoms with E-state index in [-0.39, 0.29) is 18.4 Å². The van der Waals surface area contributed by atoms with Crippen LogP contribution in [0.3, 0.4) is 0 Å². The molecule has 58 valence electrons. The second kappa shape index (κ2) is 4.72. The van der Waals surface area contributed by atoms with Crippen molar-refractivity contribution in [2.24, 2.45) is 5.73 Å². The Morgan fingerprint density at radius 1 is 1.70 bits per heavy atom. The van der Waals surface area contributed by atoms with E-state index in [1.54, 1.807) is 11.3 Å². The van der Waals surface area contributed by atoms with Crippen molar-refractivity contribution < 1.29 is 0 Å². The van der Waals surface area contributed by atoms with E-state index in [0.29, 0.717) is 0 Å². The summed E-state index contributed by atoms with van der Waals surface area (Å²) in [5.41, 5.74) is 7.01. The van der Waals surface area contributed by atoms with Crippen molar-refractivity contribution in [2.75, 3.05) is 0 Å². The Hall–Kier alpha value is -0.0500. The van der Waals surface area contributed by atoms with Crippen LogP contribution < -0.4 is 5.73 Å². The molecule has 0 spiro atoms. The molecule has 3 heteroatoms. The van der Waals surface area contributed by atoms with E-state index in [4.69, 9.17) is 5.73 Å². The second-order valence-corrected chi connectivity index (χ2v) is 2.85. The van der Waals surface area contributed by atoms with E-state index < -0.39 is 0 Å². The normalized spacial score (nSPS) is 12.2. The van der Waals surface area contributed by atoms with Crippen molar-refractivity contribution in [1.82, 2.24) is 0 Å². The molecular weight excluding hydrogens is 166 g/mol. The van der Waals surface area contributed by atoms with Gasteiger partial charge in [-0.05, 0) is 28.8 Å². The fourth-order valence-corrected chi connectivity index (χ4v) is 1.45. The lowest BCUT2D eigenvalue weighted by atomic mass is 10.1. The summed E-state index contributed by atoms with van der Waals surface area (Å²) in [6.07, 6.45) is 1.02. The molecule has 10 heavy (non-hydrogen) atoms. The number of rotatable bonds is 2. The molecule has 1 aromatic rings. The number of halogens is 1. The summed E-state index contributed by atoms with van der Waals surface area (Å²) in [5.74, 6) is 0. The smallest absolute Gasteiger partial charge is 0.0300 e. The standard InChI is InChI=1S/C7H11NS.ClH/c1-2-7(8)6-3-4-9-5-6;/h3-5,7H,2,8H2,1H3;1H/t7-;/m1./s1. The van der Waals surface area contributed by atoms with E-state index in [1.807, 2.05) is 0 Å². The van der Waals surface area contributed by atoms with E-state index in [0.717, 1.165) is 6.42 Å². The molecule has 0 bridgehead atoms. The van der Waals surface area contributed by atoms with Crippen molar-refractivity contribution in [3.63, 3.8) is 0 Å². The summed E-state index contributed by atoms with van der Waals surface area (Å²) in [4.78, 5) is 0. The SMILES string of the molecule is CC[C@@H](N)c1ccsc1.Cl. The predicted molar refractivity (Wildman–Crippen MR) is 48.8 cm³/mol. The van der Waals surface area contributed by atoms with E-state index >= 15 is 0 Å². The highest BCUT2D eigenvalue weighted by atomic mass is 35.5. The predicted octanol–water partition coefficient (Wildman–Crippen LogP) is 2.58. The average Bonchev–Trinajstić information content (AvgIpc) is 2.37. The zero-order chi connectivity index (χ0) is 6.69. The monoisotopic (exact) mass is 177 g/mol. The zero-order valence-corrected chi connectivity index (χ0v) is 7.54. The maximum Gasteiger partial charge on any atom is 0.0300 e. The Morgan fingerprint density at radius 3 is 2.80 bits per heavy atom. The maximum absolute atomic E-state index is 5.75. The third kappa shape index (κ3) is 2.29. The van der Waals surface area contributed by atoms with Gasteiger partial charge >= 0.3 is 0 Å². The van der Waals surface area contributed by atoms with Gasteiger partial charge in [0.05, 0.1) is 0 Å². The Bertz CT molecular complexity index is 162. The Morgan fingerprint density at radius 2 is 2.40 bits per heavy atom. The average molecular weight is 178 g/mol. The number of thiophene rings is 1. The Labute approximate surface area is 71.7 Å². The highest BCUT2D eigenvalue weighted by Gasteiger charge is 2.00. The topological polar surface area (TPSA) is 26.0 Å². The molecule has 0 aliphatic carbocycles. The lowest BCUT2D eigenvalue weighted by Crippen LogP contribution is -2.06. The van der Waals surface area contributed by atoms with Crippen LogP contribution in [0.5, 0.6) is 0 Å². The number of hydrogen-bond acceptors (Lipinski definition) is 2. The fraction of sp³-hybridized carbons (Fsp3) is 0.429. The molecular formula is C7H12ClNS. The minimum Gasteiger partial charge on any atom is -0.324 e. The van der Waals surface area contributed by atoms with Gasteiger partial charge in [-0.25, -0.2) is 0 Å². The maximum atomic E-state index is 5.75. The zero-order valence-electron chi connectivity index (χ0n) is 5.91. The first-order chi connectivity index (χ1) is 4.34. The van der Waals surface area contributed by atoms with Gasteiger partial charge in [-0.3, -0.25) is 0 Å². The van der Waals surface area contributed by atoms with Crippen LogP contribution in [0.25, 0.3) is 0 Å². The quantitative estimate of drug-likeness (QED) is 0.739. The summed E-state index contributed by atoms with van der Waals surface area (Å²) in [7, 11) is 0. The molecule has 0 aliphatic heterocycles. The Balaban J connectivity index is 0.000000810. The first-order valence-corrected chi connectivity index (χ1v) is 4.06. The lowest BCUT2D eigenvalue weighted by molar-refractivity contribution is 0.701. The highest BCUT2D eigenvalue weighted by molar-refractivity contribution is 7.07. The first-order valence-electron chi connectivity index (χ1n) is 3.12. The largest absolute Gasteiger partial charge is 0.324 e. The van der Waals surface area contributed by atoms with Crippen molar-refractivity contribution >= 4 is 23.7 Å². The third-order valence-electron chi connectivity index (χ3n) is 1.41. The van der Waals surface area contributed by atoms with E-state index in [1.165, 1.54) is 5.56 Å². The number of nitrogens with two attached hydrogens (primary N) is 1. The lowest BCUT2D eigenvalue weighted by Gasteiger charge is -2.03.